The molecular formula is BI3K. The van der Waals surface area contributed by atoms with Crippen LogP contribution in [-0.2, 0) is 0 Å². The van der Waals surface area contributed by atoms with E-state index in [1.165, 1.54) is 0 Å². The van der Waals surface area contributed by atoms with Gasteiger partial charge in [-0.1, -0.05) is 0 Å². The fraction of sp³-hybridized carbons (Fsp3) is 0. The Morgan fingerprint density at radius 3 is 1.00 bits per heavy atom. The number of rotatable bonds is 0. The van der Waals surface area contributed by atoms with Gasteiger partial charge >= 0.3 is 0.282 Å². The van der Waals surface area contributed by atoms with Crippen molar-refractivity contribution in [1.29, 1.82) is 0 Å². The molecule has 0 aromatic carbocycles. The van der Waals surface area contributed by atoms with Crippen molar-refractivity contribution in [3.63, 3.8) is 0 Å². The third-order valence-electron chi connectivity index (χ3n) is 0. The first kappa shape index (κ1) is 11.7. The Morgan fingerprint density at radius 1 is 1.00 bits per heavy atom. The van der Waals surface area contributed by atoms with E-state index in [9.17, 15) is 0 Å². The van der Waals surface area contributed by atoms with Crippen LogP contribution in [0, 0.1) is 0 Å². The van der Waals surface area contributed by atoms with E-state index < -0.39 is 0 Å². The number of hydrogen-bond donors (Lipinski definition) is 0. The molecule has 5 heavy (non-hydrogen) atoms. The zero-order chi connectivity index (χ0) is 3.58. The van der Waals surface area contributed by atoms with Gasteiger partial charge in [0.15, 0.2) is 0 Å². The van der Waals surface area contributed by atoms with Crippen molar-refractivity contribution in [1.82, 2.24) is 0 Å². The second-order valence-electron chi connectivity index (χ2n) is 0.247. The molecule has 0 aromatic rings. The summed E-state index contributed by atoms with van der Waals surface area (Å²) < 4.78 is 0.743. The molecular weight excluding hydrogens is 431 g/mol. The Balaban J connectivity index is 0. The minimum absolute atomic E-state index is 0. The third kappa shape index (κ3) is 18.1. The average molecular weight is 431 g/mol. The summed E-state index contributed by atoms with van der Waals surface area (Å²) in [6, 6.07) is 0. The molecule has 0 aliphatic rings. The van der Waals surface area contributed by atoms with Gasteiger partial charge in [-0.25, -0.2) is 0 Å². The van der Waals surface area contributed by atoms with Gasteiger partial charge in [0.25, 0.3) is 0 Å². The molecule has 0 nitrogen and oxygen atoms in total. The summed E-state index contributed by atoms with van der Waals surface area (Å²) in [6.07, 6.45) is 0. The molecule has 0 spiro atoms. The molecule has 5 heteroatoms. The molecule has 0 rings (SSSR count). The molecule has 0 fully saturated rings. The van der Waals surface area contributed by atoms with Crippen LogP contribution >= 0.6 is 67.1 Å². The van der Waals surface area contributed by atoms with Gasteiger partial charge in [0.05, 0.1) is 0 Å². The molecule has 0 aliphatic heterocycles. The van der Waals surface area contributed by atoms with Crippen LogP contribution in [0.15, 0.2) is 0 Å². The Hall–Kier alpha value is 3.89. The quantitative estimate of drug-likeness (QED) is 0.407. The van der Waals surface area contributed by atoms with E-state index in [0.717, 1.165) is 0.282 Å². The van der Waals surface area contributed by atoms with Crippen molar-refractivity contribution in [3.05, 3.63) is 0 Å². The van der Waals surface area contributed by atoms with Crippen molar-refractivity contribution < 1.29 is 0 Å². The normalized spacial score (nSPS) is 5.40. The van der Waals surface area contributed by atoms with Crippen molar-refractivity contribution in [3.8, 4) is 0 Å². The van der Waals surface area contributed by atoms with Gasteiger partial charge in [0.1, 0.15) is 0 Å². The van der Waals surface area contributed by atoms with Gasteiger partial charge in [-0.2, -0.15) is 0 Å². The Bertz CT molecular complexity index is 11.6. The monoisotopic (exact) mass is 431 g/mol. The van der Waals surface area contributed by atoms with Crippen LogP contribution in [0.2, 0.25) is 0 Å². The molecule has 0 saturated heterocycles. The van der Waals surface area contributed by atoms with Crippen LogP contribution in [0.4, 0.5) is 0 Å². The van der Waals surface area contributed by atoms with Crippen LogP contribution in [0.3, 0.4) is 0 Å². The SMILES string of the molecule is IB(I)I.[K]. The van der Waals surface area contributed by atoms with Crippen molar-refractivity contribution in [2.24, 2.45) is 0 Å². The molecule has 0 unspecified atom stereocenters. The molecule has 0 atom stereocenters. The van der Waals surface area contributed by atoms with Gasteiger partial charge in [0, 0.05) is 51.4 Å². The van der Waals surface area contributed by atoms with Crippen LogP contribution in [0.5, 0.6) is 0 Å². The molecule has 0 aliphatic carbocycles. The maximum Gasteiger partial charge on any atom is 0.355 e. The molecule has 0 heterocycles. The van der Waals surface area contributed by atoms with E-state index >= 15 is 0 Å². The predicted molar refractivity (Wildman–Crippen MR) is 53.6 cm³/mol. The largest absolute Gasteiger partial charge is 0.355 e. The zero-order valence-corrected chi connectivity index (χ0v) is 12.3. The Morgan fingerprint density at radius 2 is 1.00 bits per heavy atom. The summed E-state index contributed by atoms with van der Waals surface area (Å²) in [6.45, 7) is 0. The van der Waals surface area contributed by atoms with Gasteiger partial charge in [-0.3, -0.25) is 0 Å². The maximum atomic E-state index is 2.32. The Kier molecular flexibility index (Phi) is 18.4. The van der Waals surface area contributed by atoms with E-state index in [4.69, 9.17) is 0 Å². The summed E-state index contributed by atoms with van der Waals surface area (Å²) in [5.74, 6) is 0. The van der Waals surface area contributed by atoms with Crippen molar-refractivity contribution in [2.75, 3.05) is 0 Å². The van der Waals surface area contributed by atoms with Gasteiger partial charge < -0.3 is 0 Å². The van der Waals surface area contributed by atoms with Crippen molar-refractivity contribution >= 4 is 119 Å². The second kappa shape index (κ2) is 7.89. The second-order valence-corrected chi connectivity index (χ2v) is 11.1. The van der Waals surface area contributed by atoms with Gasteiger partial charge in [-0.15, -0.1) is 67.1 Å². The van der Waals surface area contributed by atoms with Crippen LogP contribution in [0.25, 0.3) is 0 Å². The number of halogens is 3. The van der Waals surface area contributed by atoms with E-state index in [1.54, 1.807) is 0 Å². The van der Waals surface area contributed by atoms with E-state index in [0.29, 0.717) is 0 Å². The smallest absolute Gasteiger partial charge is 0.118 e. The molecule has 0 saturated carbocycles. The molecule has 1 radical (unpaired) electrons. The van der Waals surface area contributed by atoms with Crippen LogP contribution in [0.1, 0.15) is 0 Å². The standard InChI is InChI=1S/BI3.K/c2-1(3)4;. The fourth-order valence-electron chi connectivity index (χ4n) is 0. The minimum Gasteiger partial charge on any atom is -0.118 e. The third-order valence-corrected chi connectivity index (χ3v) is 0. The summed E-state index contributed by atoms with van der Waals surface area (Å²) >= 11 is 6.95. The van der Waals surface area contributed by atoms with Crippen molar-refractivity contribution in [2.45, 2.75) is 0 Å². The molecule has 0 aromatic heterocycles. The summed E-state index contributed by atoms with van der Waals surface area (Å²) in [5.41, 5.74) is 0. The predicted octanol–water partition coefficient (Wildman–Crippen LogP) is 1.90. The molecule has 25 valence electrons. The topological polar surface area (TPSA) is 0 Å². The number of hydrogen-bond acceptors (Lipinski definition) is 0. The van der Waals surface area contributed by atoms with Gasteiger partial charge in [0.2, 0.25) is 0 Å². The average Bonchev–Trinajstić information content (AvgIpc) is 0.811. The van der Waals surface area contributed by atoms with E-state index in [-0.39, 0.29) is 51.4 Å². The first-order valence-electron chi connectivity index (χ1n) is 0.655. The summed E-state index contributed by atoms with van der Waals surface area (Å²) in [7, 11) is 0. The van der Waals surface area contributed by atoms with Gasteiger partial charge in [-0.05, 0) is 0 Å². The summed E-state index contributed by atoms with van der Waals surface area (Å²) in [5, 5.41) is 0. The first-order chi connectivity index (χ1) is 1.73. The van der Waals surface area contributed by atoms with E-state index in [2.05, 4.69) is 67.1 Å². The summed E-state index contributed by atoms with van der Waals surface area (Å²) in [4.78, 5) is 0. The van der Waals surface area contributed by atoms with E-state index in [1.807, 2.05) is 0 Å². The molecule has 0 bridgehead atoms. The fourth-order valence-corrected chi connectivity index (χ4v) is 0. The first-order valence-corrected chi connectivity index (χ1v) is 4.39. The zero-order valence-electron chi connectivity index (χ0n) is 2.71. The van der Waals surface area contributed by atoms with Crippen LogP contribution < -0.4 is 0 Å². The molecule has 0 amide bonds. The van der Waals surface area contributed by atoms with Crippen LogP contribution in [-0.4, -0.2) is 51.7 Å². The molecule has 0 N–H and O–H groups in total. The Labute approximate surface area is 115 Å². The minimum atomic E-state index is 0. The maximum absolute atomic E-state index is 2.32.